The molecule has 1 rings (SSSR count). The summed E-state index contributed by atoms with van der Waals surface area (Å²) in [5, 5.41) is 0. The van der Waals surface area contributed by atoms with Gasteiger partial charge in [-0.05, 0) is 51.8 Å². The van der Waals surface area contributed by atoms with Crippen LogP contribution in [0.15, 0.2) is 12.1 Å². The molecule has 0 aliphatic carbocycles. The molecule has 1 aromatic rings. The van der Waals surface area contributed by atoms with Gasteiger partial charge in [-0.3, -0.25) is 4.72 Å². The highest BCUT2D eigenvalue weighted by Gasteiger charge is 2.29. The van der Waals surface area contributed by atoms with E-state index in [0.717, 1.165) is 11.1 Å². The SMILES string of the molecule is Cc1ccc(NS(=O)(=O)C(C)(C)C)c(C)c1N. The maximum atomic E-state index is 12.0. The zero-order valence-electron chi connectivity index (χ0n) is 11.0. The van der Waals surface area contributed by atoms with E-state index in [-0.39, 0.29) is 0 Å². The van der Waals surface area contributed by atoms with E-state index in [4.69, 9.17) is 5.73 Å². The highest BCUT2D eigenvalue weighted by atomic mass is 32.2. The Morgan fingerprint density at radius 1 is 1.18 bits per heavy atom. The van der Waals surface area contributed by atoms with Crippen LogP contribution in [0, 0.1) is 13.8 Å². The lowest BCUT2D eigenvalue weighted by atomic mass is 10.1. The first-order chi connectivity index (χ1) is 7.56. The summed E-state index contributed by atoms with van der Waals surface area (Å²) in [6.45, 7) is 8.67. The second-order valence-electron chi connectivity index (χ2n) is 5.19. The minimum absolute atomic E-state index is 0.544. The average molecular weight is 256 g/mol. The Balaban J connectivity index is 3.19. The van der Waals surface area contributed by atoms with Gasteiger partial charge in [-0.25, -0.2) is 8.42 Å². The summed E-state index contributed by atoms with van der Waals surface area (Å²) in [4.78, 5) is 0. The summed E-state index contributed by atoms with van der Waals surface area (Å²) >= 11 is 0. The molecular formula is C12H20N2O2S. The molecule has 0 amide bonds. The molecule has 0 saturated heterocycles. The molecule has 0 spiro atoms. The van der Waals surface area contributed by atoms with Crippen LogP contribution in [0.3, 0.4) is 0 Å². The molecule has 0 heterocycles. The summed E-state index contributed by atoms with van der Waals surface area (Å²) < 4.78 is 25.8. The van der Waals surface area contributed by atoms with Crippen LogP contribution in [0.5, 0.6) is 0 Å². The fourth-order valence-corrected chi connectivity index (χ4v) is 2.09. The van der Waals surface area contributed by atoms with Crippen molar-refractivity contribution in [2.45, 2.75) is 39.4 Å². The van der Waals surface area contributed by atoms with Gasteiger partial charge in [-0.15, -0.1) is 0 Å². The summed E-state index contributed by atoms with van der Waals surface area (Å²) in [6.07, 6.45) is 0. The van der Waals surface area contributed by atoms with Crippen molar-refractivity contribution in [3.8, 4) is 0 Å². The van der Waals surface area contributed by atoms with E-state index in [0.29, 0.717) is 11.4 Å². The number of hydrogen-bond donors (Lipinski definition) is 2. The molecule has 0 radical (unpaired) electrons. The number of sulfonamides is 1. The molecule has 96 valence electrons. The highest BCUT2D eigenvalue weighted by molar-refractivity contribution is 7.94. The normalized spacial score (nSPS) is 12.5. The van der Waals surface area contributed by atoms with Crippen molar-refractivity contribution in [1.29, 1.82) is 0 Å². The lowest BCUT2D eigenvalue weighted by Crippen LogP contribution is -2.34. The van der Waals surface area contributed by atoms with Crippen molar-refractivity contribution in [2.75, 3.05) is 10.5 Å². The fraction of sp³-hybridized carbons (Fsp3) is 0.500. The first-order valence-electron chi connectivity index (χ1n) is 5.44. The van der Waals surface area contributed by atoms with E-state index in [1.807, 2.05) is 19.9 Å². The maximum Gasteiger partial charge on any atom is 0.237 e. The van der Waals surface area contributed by atoms with Gasteiger partial charge in [0.1, 0.15) is 0 Å². The second-order valence-corrected chi connectivity index (χ2v) is 7.62. The van der Waals surface area contributed by atoms with Gasteiger partial charge < -0.3 is 5.73 Å². The lowest BCUT2D eigenvalue weighted by Gasteiger charge is -2.22. The predicted molar refractivity (Wildman–Crippen MR) is 72.6 cm³/mol. The third-order valence-corrected chi connectivity index (χ3v) is 4.88. The number of aryl methyl sites for hydroxylation is 1. The summed E-state index contributed by atoms with van der Waals surface area (Å²) in [5.74, 6) is 0. The number of benzene rings is 1. The Kier molecular flexibility index (Phi) is 3.43. The maximum absolute atomic E-state index is 12.0. The van der Waals surface area contributed by atoms with Gasteiger partial charge in [-0.1, -0.05) is 6.07 Å². The van der Waals surface area contributed by atoms with Crippen molar-refractivity contribution in [3.05, 3.63) is 23.3 Å². The Hall–Kier alpha value is -1.23. The topological polar surface area (TPSA) is 72.2 Å². The summed E-state index contributed by atoms with van der Waals surface area (Å²) in [6, 6.07) is 3.55. The molecule has 0 atom stereocenters. The van der Waals surface area contributed by atoms with Gasteiger partial charge in [0.25, 0.3) is 0 Å². The van der Waals surface area contributed by atoms with Crippen molar-refractivity contribution < 1.29 is 8.42 Å². The lowest BCUT2D eigenvalue weighted by molar-refractivity contribution is 0.566. The van der Waals surface area contributed by atoms with Crippen LogP contribution in [0.1, 0.15) is 31.9 Å². The fourth-order valence-electron chi connectivity index (χ4n) is 1.27. The zero-order chi connectivity index (χ0) is 13.4. The third kappa shape index (κ3) is 2.72. The Morgan fingerprint density at radius 3 is 2.18 bits per heavy atom. The Labute approximate surface area is 103 Å². The first-order valence-corrected chi connectivity index (χ1v) is 6.92. The minimum atomic E-state index is -3.41. The molecule has 1 aromatic carbocycles. The van der Waals surface area contributed by atoms with Gasteiger partial charge >= 0.3 is 0 Å². The van der Waals surface area contributed by atoms with E-state index < -0.39 is 14.8 Å². The minimum Gasteiger partial charge on any atom is -0.398 e. The van der Waals surface area contributed by atoms with Gasteiger partial charge in [0, 0.05) is 5.69 Å². The number of rotatable bonds is 2. The van der Waals surface area contributed by atoms with Gasteiger partial charge in [0.2, 0.25) is 10.0 Å². The molecule has 0 aliphatic heterocycles. The number of nitrogen functional groups attached to an aromatic ring is 1. The summed E-state index contributed by atoms with van der Waals surface area (Å²) in [7, 11) is -3.41. The van der Waals surface area contributed by atoms with E-state index in [1.165, 1.54) is 0 Å². The number of nitrogens with two attached hydrogens (primary N) is 1. The predicted octanol–water partition coefficient (Wildman–Crippen LogP) is 2.43. The van der Waals surface area contributed by atoms with Crippen LogP contribution >= 0.6 is 0 Å². The zero-order valence-corrected chi connectivity index (χ0v) is 11.8. The van der Waals surface area contributed by atoms with Crippen molar-refractivity contribution in [2.24, 2.45) is 0 Å². The van der Waals surface area contributed by atoms with Gasteiger partial charge in [0.15, 0.2) is 0 Å². The van der Waals surface area contributed by atoms with Crippen molar-refractivity contribution in [3.63, 3.8) is 0 Å². The van der Waals surface area contributed by atoms with Crippen molar-refractivity contribution >= 4 is 21.4 Å². The molecule has 4 nitrogen and oxygen atoms in total. The molecule has 0 fully saturated rings. The Bertz CT molecular complexity index is 528. The van der Waals surface area contributed by atoms with E-state index in [2.05, 4.69) is 4.72 Å². The standard InChI is InChI=1S/C12H20N2O2S/c1-8-6-7-10(9(2)11(8)13)14-17(15,16)12(3,4)5/h6-7,14H,13H2,1-5H3. The monoisotopic (exact) mass is 256 g/mol. The molecule has 0 bridgehead atoms. The van der Waals surface area contributed by atoms with Crippen LogP contribution in [-0.2, 0) is 10.0 Å². The third-order valence-electron chi connectivity index (χ3n) is 2.78. The first kappa shape index (κ1) is 13.8. The van der Waals surface area contributed by atoms with E-state index in [1.54, 1.807) is 26.8 Å². The Morgan fingerprint density at radius 2 is 1.71 bits per heavy atom. The van der Waals surface area contributed by atoms with Crippen LogP contribution in [0.2, 0.25) is 0 Å². The van der Waals surface area contributed by atoms with Crippen LogP contribution in [-0.4, -0.2) is 13.2 Å². The molecule has 0 aromatic heterocycles. The van der Waals surface area contributed by atoms with E-state index in [9.17, 15) is 8.42 Å². The quantitative estimate of drug-likeness (QED) is 0.798. The largest absolute Gasteiger partial charge is 0.398 e. The summed E-state index contributed by atoms with van der Waals surface area (Å²) in [5.41, 5.74) is 8.75. The van der Waals surface area contributed by atoms with Gasteiger partial charge in [-0.2, -0.15) is 0 Å². The average Bonchev–Trinajstić information content (AvgIpc) is 2.17. The van der Waals surface area contributed by atoms with E-state index >= 15 is 0 Å². The highest BCUT2D eigenvalue weighted by Crippen LogP contribution is 2.27. The van der Waals surface area contributed by atoms with Crippen LogP contribution in [0.4, 0.5) is 11.4 Å². The molecule has 3 N–H and O–H groups in total. The number of anilines is 2. The van der Waals surface area contributed by atoms with Crippen LogP contribution < -0.4 is 10.5 Å². The molecule has 0 unspecified atom stereocenters. The van der Waals surface area contributed by atoms with Crippen molar-refractivity contribution in [1.82, 2.24) is 0 Å². The second kappa shape index (κ2) is 4.22. The molecule has 5 heteroatoms. The number of nitrogens with one attached hydrogen (secondary N) is 1. The molecule has 17 heavy (non-hydrogen) atoms. The van der Waals surface area contributed by atoms with Gasteiger partial charge in [0.05, 0.1) is 10.4 Å². The molecule has 0 aliphatic rings. The molecular weight excluding hydrogens is 236 g/mol. The molecule has 0 saturated carbocycles. The van der Waals surface area contributed by atoms with Crippen LogP contribution in [0.25, 0.3) is 0 Å². The number of hydrogen-bond acceptors (Lipinski definition) is 3. The smallest absolute Gasteiger partial charge is 0.237 e.